The van der Waals surface area contributed by atoms with Crippen molar-refractivity contribution in [1.29, 1.82) is 0 Å². The van der Waals surface area contributed by atoms with Gasteiger partial charge < -0.3 is 4.74 Å². The summed E-state index contributed by atoms with van der Waals surface area (Å²) in [5.41, 5.74) is 2.98. The zero-order chi connectivity index (χ0) is 14.8. The maximum atomic E-state index is 5.71. The summed E-state index contributed by atoms with van der Waals surface area (Å²) in [7, 11) is 0. The second-order valence-corrected chi connectivity index (χ2v) is 6.68. The van der Waals surface area contributed by atoms with E-state index < -0.39 is 0 Å². The van der Waals surface area contributed by atoms with Gasteiger partial charge in [-0.1, -0.05) is 70.5 Å². The Bertz CT molecular complexity index is 370. The molecule has 0 fully saturated rings. The van der Waals surface area contributed by atoms with E-state index in [1.165, 1.54) is 36.8 Å². The van der Waals surface area contributed by atoms with Crippen LogP contribution in [0.1, 0.15) is 57.6 Å². The highest BCUT2D eigenvalue weighted by Crippen LogP contribution is 2.21. The summed E-state index contributed by atoms with van der Waals surface area (Å²) in [6, 6.07) is 8.52. The van der Waals surface area contributed by atoms with Crippen LogP contribution in [-0.4, -0.2) is 13.2 Å². The van der Waals surface area contributed by atoms with E-state index in [-0.39, 0.29) is 0 Å². The molecular formula is C19H30O. The van der Waals surface area contributed by atoms with Crippen molar-refractivity contribution in [3.05, 3.63) is 42.0 Å². The van der Waals surface area contributed by atoms with Crippen molar-refractivity contribution in [2.45, 2.75) is 52.9 Å². The highest BCUT2D eigenvalue weighted by Gasteiger charge is 2.08. The lowest BCUT2D eigenvalue weighted by molar-refractivity contribution is 0.132. The molecule has 0 bridgehead atoms. The molecule has 0 heterocycles. The third-order valence-electron chi connectivity index (χ3n) is 3.47. The number of hydrogen-bond acceptors (Lipinski definition) is 1. The first-order valence-corrected chi connectivity index (χ1v) is 7.80. The summed E-state index contributed by atoms with van der Waals surface area (Å²) in [6.45, 7) is 12.4. The Morgan fingerprint density at radius 1 is 1.00 bits per heavy atom. The van der Waals surface area contributed by atoms with Gasteiger partial charge in [-0.05, 0) is 35.8 Å². The molecule has 0 N–H and O–H groups in total. The fraction of sp³-hybridized carbons (Fsp3) is 0.579. The van der Waals surface area contributed by atoms with E-state index in [0.29, 0.717) is 5.41 Å². The van der Waals surface area contributed by atoms with Gasteiger partial charge in [-0.2, -0.15) is 0 Å². The van der Waals surface area contributed by atoms with Gasteiger partial charge in [0.05, 0.1) is 6.61 Å². The van der Waals surface area contributed by atoms with Crippen molar-refractivity contribution < 1.29 is 4.74 Å². The SMILES string of the molecule is C=Cc1ccc(CCOCCCCCC(C)(C)C)cc1. The van der Waals surface area contributed by atoms with E-state index in [0.717, 1.165) is 19.6 Å². The van der Waals surface area contributed by atoms with Crippen LogP contribution >= 0.6 is 0 Å². The van der Waals surface area contributed by atoms with Gasteiger partial charge in [0.15, 0.2) is 0 Å². The van der Waals surface area contributed by atoms with Crippen molar-refractivity contribution in [3.8, 4) is 0 Å². The molecule has 1 aromatic rings. The molecule has 1 nitrogen and oxygen atoms in total. The van der Waals surface area contributed by atoms with Crippen LogP contribution in [-0.2, 0) is 11.2 Å². The number of ether oxygens (including phenoxy) is 1. The van der Waals surface area contributed by atoms with Gasteiger partial charge in [-0.3, -0.25) is 0 Å². The first-order chi connectivity index (χ1) is 9.51. The van der Waals surface area contributed by atoms with Gasteiger partial charge in [0.25, 0.3) is 0 Å². The number of hydrogen-bond donors (Lipinski definition) is 0. The van der Waals surface area contributed by atoms with Gasteiger partial charge in [0, 0.05) is 6.61 Å². The predicted octanol–water partition coefficient (Wildman–Crippen LogP) is 5.50. The third-order valence-corrected chi connectivity index (χ3v) is 3.47. The fourth-order valence-electron chi connectivity index (χ4n) is 2.15. The van der Waals surface area contributed by atoms with Gasteiger partial charge in [0.2, 0.25) is 0 Å². The zero-order valence-electron chi connectivity index (χ0n) is 13.5. The minimum absolute atomic E-state index is 0.471. The van der Waals surface area contributed by atoms with E-state index in [1.807, 2.05) is 6.08 Å². The summed E-state index contributed by atoms with van der Waals surface area (Å²) in [5, 5.41) is 0. The Morgan fingerprint density at radius 2 is 1.70 bits per heavy atom. The van der Waals surface area contributed by atoms with Crippen LogP contribution < -0.4 is 0 Å². The average molecular weight is 274 g/mol. The largest absolute Gasteiger partial charge is 0.381 e. The average Bonchev–Trinajstić information content (AvgIpc) is 2.41. The maximum Gasteiger partial charge on any atom is 0.0506 e. The van der Waals surface area contributed by atoms with E-state index in [4.69, 9.17) is 4.74 Å². The van der Waals surface area contributed by atoms with Gasteiger partial charge in [0.1, 0.15) is 0 Å². The Labute approximate surface area is 125 Å². The minimum Gasteiger partial charge on any atom is -0.381 e. The van der Waals surface area contributed by atoms with Crippen LogP contribution in [0.4, 0.5) is 0 Å². The Kier molecular flexibility index (Phi) is 7.61. The molecular weight excluding hydrogens is 244 g/mol. The first kappa shape index (κ1) is 17.0. The first-order valence-electron chi connectivity index (χ1n) is 7.80. The van der Waals surface area contributed by atoms with E-state index in [1.54, 1.807) is 0 Å². The molecule has 0 aliphatic carbocycles. The summed E-state index contributed by atoms with van der Waals surface area (Å²) in [5.74, 6) is 0. The summed E-state index contributed by atoms with van der Waals surface area (Å²) in [4.78, 5) is 0. The second-order valence-electron chi connectivity index (χ2n) is 6.68. The lowest BCUT2D eigenvalue weighted by Crippen LogP contribution is -2.05. The predicted molar refractivity (Wildman–Crippen MR) is 89.0 cm³/mol. The molecule has 0 atom stereocenters. The van der Waals surface area contributed by atoms with Crippen LogP contribution in [0, 0.1) is 5.41 Å². The number of rotatable bonds is 9. The molecule has 0 aliphatic rings. The molecule has 0 unspecified atom stereocenters. The lowest BCUT2D eigenvalue weighted by atomic mass is 9.89. The van der Waals surface area contributed by atoms with Crippen molar-refractivity contribution in [1.82, 2.24) is 0 Å². The smallest absolute Gasteiger partial charge is 0.0506 e. The molecule has 1 heteroatoms. The summed E-state index contributed by atoms with van der Waals surface area (Å²) < 4.78 is 5.71. The molecule has 112 valence electrons. The van der Waals surface area contributed by atoms with Crippen LogP contribution in [0.25, 0.3) is 6.08 Å². The second kappa shape index (κ2) is 8.97. The molecule has 0 spiro atoms. The normalized spacial score (nSPS) is 11.6. The highest BCUT2D eigenvalue weighted by atomic mass is 16.5. The molecule has 0 aromatic heterocycles. The minimum atomic E-state index is 0.471. The van der Waals surface area contributed by atoms with E-state index in [9.17, 15) is 0 Å². The van der Waals surface area contributed by atoms with Gasteiger partial charge >= 0.3 is 0 Å². The van der Waals surface area contributed by atoms with Crippen molar-refractivity contribution >= 4 is 6.08 Å². The van der Waals surface area contributed by atoms with E-state index in [2.05, 4.69) is 51.6 Å². The molecule has 0 aliphatic heterocycles. The summed E-state index contributed by atoms with van der Waals surface area (Å²) in [6.07, 6.45) is 7.96. The summed E-state index contributed by atoms with van der Waals surface area (Å²) >= 11 is 0. The maximum absolute atomic E-state index is 5.71. The Morgan fingerprint density at radius 3 is 2.30 bits per heavy atom. The topological polar surface area (TPSA) is 9.23 Å². The van der Waals surface area contributed by atoms with Crippen molar-refractivity contribution in [3.63, 3.8) is 0 Å². The van der Waals surface area contributed by atoms with Gasteiger partial charge in [-0.15, -0.1) is 0 Å². The Balaban J connectivity index is 2.00. The molecule has 0 saturated carbocycles. The molecule has 0 amide bonds. The monoisotopic (exact) mass is 274 g/mol. The standard InChI is InChI=1S/C19H30O/c1-5-17-9-11-18(12-10-17)13-16-20-15-8-6-7-14-19(2,3)4/h5,9-12H,1,6-8,13-16H2,2-4H3. The van der Waals surface area contributed by atoms with Crippen LogP contribution in [0.5, 0.6) is 0 Å². The molecule has 20 heavy (non-hydrogen) atoms. The van der Waals surface area contributed by atoms with Crippen LogP contribution in [0.3, 0.4) is 0 Å². The van der Waals surface area contributed by atoms with E-state index >= 15 is 0 Å². The highest BCUT2D eigenvalue weighted by molar-refractivity contribution is 5.47. The fourth-order valence-corrected chi connectivity index (χ4v) is 2.15. The van der Waals surface area contributed by atoms with Crippen molar-refractivity contribution in [2.75, 3.05) is 13.2 Å². The number of benzene rings is 1. The zero-order valence-corrected chi connectivity index (χ0v) is 13.5. The molecule has 1 rings (SSSR count). The molecule has 0 radical (unpaired) electrons. The Hall–Kier alpha value is -1.08. The molecule has 1 aromatic carbocycles. The lowest BCUT2D eigenvalue weighted by Gasteiger charge is -2.17. The number of unbranched alkanes of at least 4 members (excludes halogenated alkanes) is 2. The van der Waals surface area contributed by atoms with Crippen LogP contribution in [0.2, 0.25) is 0 Å². The van der Waals surface area contributed by atoms with Gasteiger partial charge in [-0.25, -0.2) is 0 Å². The quantitative estimate of drug-likeness (QED) is 0.541. The van der Waals surface area contributed by atoms with Crippen molar-refractivity contribution in [2.24, 2.45) is 5.41 Å². The van der Waals surface area contributed by atoms with Crippen LogP contribution in [0.15, 0.2) is 30.8 Å². The molecule has 0 saturated heterocycles. The third kappa shape index (κ3) is 8.16.